The molecule has 1 aromatic heterocycles. The highest BCUT2D eigenvalue weighted by Crippen LogP contribution is 2.20. The number of nitrogens with two attached hydrogens (primary N) is 1. The van der Waals surface area contributed by atoms with Gasteiger partial charge in [-0.15, -0.1) is 0 Å². The van der Waals surface area contributed by atoms with Crippen LogP contribution >= 0.6 is 0 Å². The molecule has 0 amide bonds. The van der Waals surface area contributed by atoms with Crippen molar-refractivity contribution in [2.75, 3.05) is 0 Å². The van der Waals surface area contributed by atoms with E-state index in [1.165, 1.54) is 6.33 Å². The minimum atomic E-state index is -0.236. The van der Waals surface area contributed by atoms with Gasteiger partial charge >= 0.3 is 0 Å². The molecule has 0 saturated carbocycles. The molecular formula is C14H17N3O. The molecule has 0 spiro atoms. The summed E-state index contributed by atoms with van der Waals surface area (Å²) in [7, 11) is 0. The second-order valence-electron chi connectivity index (χ2n) is 4.06. The predicted octanol–water partition coefficient (Wildman–Crippen LogP) is 2.61. The summed E-state index contributed by atoms with van der Waals surface area (Å²) in [5.41, 5.74) is 7.76. The van der Waals surface area contributed by atoms with E-state index < -0.39 is 0 Å². The van der Waals surface area contributed by atoms with Gasteiger partial charge in [0.25, 0.3) is 0 Å². The van der Waals surface area contributed by atoms with Crippen LogP contribution in [0, 0.1) is 0 Å². The van der Waals surface area contributed by atoms with Crippen molar-refractivity contribution < 1.29 is 4.74 Å². The van der Waals surface area contributed by atoms with Crippen LogP contribution in [0.2, 0.25) is 0 Å². The summed E-state index contributed by atoms with van der Waals surface area (Å²) in [4.78, 5) is 8.09. The molecule has 94 valence electrons. The van der Waals surface area contributed by atoms with Crippen LogP contribution in [0.1, 0.15) is 19.8 Å². The fourth-order valence-corrected chi connectivity index (χ4v) is 1.68. The third-order valence-electron chi connectivity index (χ3n) is 2.59. The molecule has 4 heteroatoms. The van der Waals surface area contributed by atoms with Crippen LogP contribution in [0.5, 0.6) is 5.75 Å². The molecule has 0 radical (unpaired) electrons. The van der Waals surface area contributed by atoms with Crippen LogP contribution in [-0.4, -0.2) is 16.2 Å². The fourth-order valence-electron chi connectivity index (χ4n) is 1.68. The minimum absolute atomic E-state index is 0.236. The van der Waals surface area contributed by atoms with Gasteiger partial charge in [0.15, 0.2) is 0 Å². The van der Waals surface area contributed by atoms with E-state index in [1.54, 1.807) is 6.20 Å². The first kappa shape index (κ1) is 12.5. The van der Waals surface area contributed by atoms with Crippen molar-refractivity contribution >= 4 is 0 Å². The van der Waals surface area contributed by atoms with E-state index in [0.717, 1.165) is 29.8 Å². The van der Waals surface area contributed by atoms with E-state index in [1.807, 2.05) is 30.3 Å². The van der Waals surface area contributed by atoms with E-state index in [4.69, 9.17) is 10.5 Å². The Kier molecular flexibility index (Phi) is 4.25. The molecule has 2 N–H and O–H groups in total. The first-order valence-electron chi connectivity index (χ1n) is 6.08. The van der Waals surface area contributed by atoms with Crippen molar-refractivity contribution in [3.63, 3.8) is 0 Å². The van der Waals surface area contributed by atoms with E-state index in [0.29, 0.717) is 0 Å². The SMILES string of the molecule is CCCC(N)Oc1ccc(-c2ccncn2)cc1. The van der Waals surface area contributed by atoms with Crippen molar-refractivity contribution in [3.8, 4) is 17.0 Å². The molecular weight excluding hydrogens is 226 g/mol. The molecule has 1 unspecified atom stereocenters. The average Bonchev–Trinajstić information content (AvgIpc) is 2.41. The van der Waals surface area contributed by atoms with Gasteiger partial charge in [-0.25, -0.2) is 9.97 Å². The number of aromatic nitrogens is 2. The van der Waals surface area contributed by atoms with Crippen molar-refractivity contribution in [2.24, 2.45) is 5.73 Å². The zero-order valence-corrected chi connectivity index (χ0v) is 10.4. The number of rotatable bonds is 5. The van der Waals surface area contributed by atoms with Crippen LogP contribution < -0.4 is 10.5 Å². The molecule has 4 nitrogen and oxygen atoms in total. The van der Waals surface area contributed by atoms with Crippen molar-refractivity contribution in [1.82, 2.24) is 9.97 Å². The molecule has 1 atom stereocenters. The minimum Gasteiger partial charge on any atom is -0.476 e. The molecule has 0 aliphatic carbocycles. The fraction of sp³-hybridized carbons (Fsp3) is 0.286. The van der Waals surface area contributed by atoms with E-state index >= 15 is 0 Å². The quantitative estimate of drug-likeness (QED) is 0.820. The van der Waals surface area contributed by atoms with Gasteiger partial charge in [0.1, 0.15) is 18.3 Å². The summed E-state index contributed by atoms with van der Waals surface area (Å²) in [6.45, 7) is 2.08. The molecule has 1 heterocycles. The second-order valence-corrected chi connectivity index (χ2v) is 4.06. The molecule has 2 aromatic rings. The first-order chi connectivity index (χ1) is 8.79. The molecule has 0 saturated heterocycles. The van der Waals surface area contributed by atoms with Gasteiger partial charge in [-0.2, -0.15) is 0 Å². The Bertz CT molecular complexity index is 470. The monoisotopic (exact) mass is 243 g/mol. The van der Waals surface area contributed by atoms with Crippen molar-refractivity contribution in [3.05, 3.63) is 42.9 Å². The average molecular weight is 243 g/mol. The van der Waals surface area contributed by atoms with E-state index in [9.17, 15) is 0 Å². The second kappa shape index (κ2) is 6.12. The Labute approximate surface area is 107 Å². The summed E-state index contributed by atoms with van der Waals surface area (Å²) in [6.07, 6.45) is 4.90. The topological polar surface area (TPSA) is 61.0 Å². The lowest BCUT2D eigenvalue weighted by molar-refractivity contribution is 0.198. The van der Waals surface area contributed by atoms with Gasteiger partial charge in [0, 0.05) is 11.8 Å². The van der Waals surface area contributed by atoms with Gasteiger partial charge in [0.2, 0.25) is 0 Å². The van der Waals surface area contributed by atoms with Gasteiger partial charge < -0.3 is 4.74 Å². The number of hydrogen-bond acceptors (Lipinski definition) is 4. The summed E-state index contributed by atoms with van der Waals surface area (Å²) in [6, 6.07) is 9.63. The van der Waals surface area contributed by atoms with Gasteiger partial charge in [-0.3, -0.25) is 5.73 Å². The van der Waals surface area contributed by atoms with Crippen molar-refractivity contribution in [1.29, 1.82) is 0 Å². The molecule has 0 fully saturated rings. The Balaban J connectivity index is 2.06. The standard InChI is InChI=1S/C14H17N3O/c1-2-3-14(15)18-12-6-4-11(5-7-12)13-8-9-16-10-17-13/h4-10,14H,2-3,15H2,1H3. The Hall–Kier alpha value is -1.94. The van der Waals surface area contributed by atoms with Crippen LogP contribution in [-0.2, 0) is 0 Å². The third kappa shape index (κ3) is 3.28. The maximum atomic E-state index is 5.82. The highest BCUT2D eigenvalue weighted by atomic mass is 16.5. The molecule has 0 bridgehead atoms. The molecule has 0 aliphatic rings. The summed E-state index contributed by atoms with van der Waals surface area (Å²) < 4.78 is 5.59. The smallest absolute Gasteiger partial charge is 0.147 e. The Morgan fingerprint density at radius 3 is 2.61 bits per heavy atom. The summed E-state index contributed by atoms with van der Waals surface area (Å²) >= 11 is 0. The van der Waals surface area contributed by atoms with Crippen LogP contribution in [0.15, 0.2) is 42.9 Å². The number of ether oxygens (including phenoxy) is 1. The number of nitrogens with zero attached hydrogens (tertiary/aromatic N) is 2. The van der Waals surface area contributed by atoms with Gasteiger partial charge in [-0.1, -0.05) is 13.3 Å². The number of benzene rings is 1. The molecule has 18 heavy (non-hydrogen) atoms. The third-order valence-corrected chi connectivity index (χ3v) is 2.59. The molecule has 2 rings (SSSR count). The van der Waals surface area contributed by atoms with Crippen LogP contribution in [0.25, 0.3) is 11.3 Å². The maximum Gasteiger partial charge on any atom is 0.147 e. The molecule has 0 aliphatic heterocycles. The summed E-state index contributed by atoms with van der Waals surface area (Å²) in [5.74, 6) is 0.786. The Morgan fingerprint density at radius 2 is 2.00 bits per heavy atom. The van der Waals surface area contributed by atoms with Crippen LogP contribution in [0.3, 0.4) is 0 Å². The van der Waals surface area contributed by atoms with Gasteiger partial charge in [-0.05, 0) is 36.8 Å². The Morgan fingerprint density at radius 1 is 1.22 bits per heavy atom. The van der Waals surface area contributed by atoms with E-state index in [-0.39, 0.29) is 6.23 Å². The first-order valence-corrected chi connectivity index (χ1v) is 6.08. The van der Waals surface area contributed by atoms with Crippen molar-refractivity contribution in [2.45, 2.75) is 26.0 Å². The lowest BCUT2D eigenvalue weighted by Gasteiger charge is -2.13. The van der Waals surface area contributed by atoms with Gasteiger partial charge in [0.05, 0.1) is 5.69 Å². The highest BCUT2D eigenvalue weighted by Gasteiger charge is 2.03. The zero-order valence-electron chi connectivity index (χ0n) is 10.4. The zero-order chi connectivity index (χ0) is 12.8. The lowest BCUT2D eigenvalue weighted by Crippen LogP contribution is -2.26. The molecule has 1 aromatic carbocycles. The number of hydrogen-bond donors (Lipinski definition) is 1. The lowest BCUT2D eigenvalue weighted by atomic mass is 10.1. The maximum absolute atomic E-state index is 5.82. The predicted molar refractivity (Wildman–Crippen MR) is 71.0 cm³/mol. The summed E-state index contributed by atoms with van der Waals surface area (Å²) in [5, 5.41) is 0. The van der Waals surface area contributed by atoms with Crippen LogP contribution in [0.4, 0.5) is 0 Å². The van der Waals surface area contributed by atoms with E-state index in [2.05, 4.69) is 16.9 Å². The highest BCUT2D eigenvalue weighted by molar-refractivity contribution is 5.59. The largest absolute Gasteiger partial charge is 0.476 e. The normalized spacial score (nSPS) is 12.1.